The SMILES string of the molecule is O=S(=O)(CCCCO)NCCN1CCCCC1. The molecule has 0 atom stereocenters. The average molecular weight is 264 g/mol. The fourth-order valence-corrected chi connectivity index (χ4v) is 3.15. The minimum atomic E-state index is -3.14. The van der Waals surface area contributed by atoms with E-state index in [-0.39, 0.29) is 12.4 Å². The van der Waals surface area contributed by atoms with Gasteiger partial charge in [-0.05, 0) is 38.8 Å². The van der Waals surface area contributed by atoms with E-state index in [1.807, 2.05) is 0 Å². The van der Waals surface area contributed by atoms with Crippen molar-refractivity contribution in [2.45, 2.75) is 32.1 Å². The van der Waals surface area contributed by atoms with Crippen LogP contribution in [0.25, 0.3) is 0 Å². The van der Waals surface area contributed by atoms with Crippen molar-refractivity contribution in [2.24, 2.45) is 0 Å². The lowest BCUT2D eigenvalue weighted by atomic mass is 10.1. The number of nitrogens with one attached hydrogen (secondary N) is 1. The second kappa shape index (κ2) is 8.02. The van der Waals surface area contributed by atoms with Gasteiger partial charge in [0.2, 0.25) is 10.0 Å². The summed E-state index contributed by atoms with van der Waals surface area (Å²) >= 11 is 0. The van der Waals surface area contributed by atoms with E-state index in [0.29, 0.717) is 19.4 Å². The molecule has 1 saturated heterocycles. The summed E-state index contributed by atoms with van der Waals surface area (Å²) in [4.78, 5) is 2.31. The van der Waals surface area contributed by atoms with E-state index in [2.05, 4.69) is 9.62 Å². The molecule has 0 unspecified atom stereocenters. The van der Waals surface area contributed by atoms with Crippen LogP contribution in [0.5, 0.6) is 0 Å². The lowest BCUT2D eigenvalue weighted by Gasteiger charge is -2.26. The lowest BCUT2D eigenvalue weighted by molar-refractivity contribution is 0.232. The average Bonchev–Trinajstić information content (AvgIpc) is 2.30. The van der Waals surface area contributed by atoms with Gasteiger partial charge in [-0.15, -0.1) is 0 Å². The molecule has 0 aromatic carbocycles. The third-order valence-corrected chi connectivity index (χ3v) is 4.49. The predicted molar refractivity (Wildman–Crippen MR) is 68.4 cm³/mol. The van der Waals surface area contributed by atoms with E-state index < -0.39 is 10.0 Å². The van der Waals surface area contributed by atoms with Crippen LogP contribution in [0, 0.1) is 0 Å². The zero-order valence-corrected chi connectivity index (χ0v) is 11.2. The first-order valence-electron chi connectivity index (χ1n) is 6.44. The Bertz CT molecular complexity index is 287. The van der Waals surface area contributed by atoms with Crippen molar-refractivity contribution >= 4 is 10.0 Å². The number of sulfonamides is 1. The highest BCUT2D eigenvalue weighted by Crippen LogP contribution is 2.07. The maximum Gasteiger partial charge on any atom is 0.211 e. The highest BCUT2D eigenvalue weighted by atomic mass is 32.2. The molecule has 1 aliphatic rings. The first-order chi connectivity index (χ1) is 8.14. The van der Waals surface area contributed by atoms with Crippen molar-refractivity contribution in [3.63, 3.8) is 0 Å². The predicted octanol–water partition coefficient (Wildman–Crippen LogP) is 0.164. The number of aliphatic hydroxyl groups excluding tert-OH is 1. The Labute approximate surface area is 104 Å². The van der Waals surface area contributed by atoms with Crippen LogP contribution >= 0.6 is 0 Å². The van der Waals surface area contributed by atoms with E-state index in [1.165, 1.54) is 19.3 Å². The Morgan fingerprint density at radius 2 is 1.82 bits per heavy atom. The summed E-state index contributed by atoms with van der Waals surface area (Å²) in [6.07, 6.45) is 4.82. The van der Waals surface area contributed by atoms with Crippen molar-refractivity contribution < 1.29 is 13.5 Å². The van der Waals surface area contributed by atoms with Crippen molar-refractivity contribution in [3.05, 3.63) is 0 Å². The molecule has 1 rings (SSSR count). The molecule has 2 N–H and O–H groups in total. The Morgan fingerprint density at radius 1 is 1.12 bits per heavy atom. The molecule has 17 heavy (non-hydrogen) atoms. The number of hydrogen-bond donors (Lipinski definition) is 2. The van der Waals surface area contributed by atoms with Crippen LogP contribution < -0.4 is 4.72 Å². The standard InChI is InChI=1S/C11H24N2O3S/c14-10-4-5-11-17(15,16)12-6-9-13-7-2-1-3-8-13/h12,14H,1-11H2. The zero-order chi connectivity index (χ0) is 12.6. The van der Waals surface area contributed by atoms with Crippen LogP contribution in [0.3, 0.4) is 0 Å². The summed E-state index contributed by atoms with van der Waals surface area (Å²) in [6.45, 7) is 3.54. The maximum absolute atomic E-state index is 11.5. The van der Waals surface area contributed by atoms with Crippen LogP contribution in [-0.2, 0) is 10.0 Å². The summed E-state index contributed by atoms with van der Waals surface area (Å²) in [7, 11) is -3.14. The van der Waals surface area contributed by atoms with Gasteiger partial charge in [0.05, 0.1) is 5.75 Å². The molecule has 5 nitrogen and oxygen atoms in total. The summed E-state index contributed by atoms with van der Waals surface area (Å²) < 4.78 is 25.7. The summed E-state index contributed by atoms with van der Waals surface area (Å²) in [6, 6.07) is 0. The van der Waals surface area contributed by atoms with Crippen molar-refractivity contribution in [1.82, 2.24) is 9.62 Å². The molecule has 1 aliphatic heterocycles. The second-order valence-corrected chi connectivity index (χ2v) is 6.47. The van der Waals surface area contributed by atoms with Crippen LogP contribution in [0.1, 0.15) is 32.1 Å². The van der Waals surface area contributed by atoms with Gasteiger partial charge < -0.3 is 10.0 Å². The van der Waals surface area contributed by atoms with Crippen molar-refractivity contribution in [2.75, 3.05) is 38.5 Å². The molecule has 6 heteroatoms. The number of likely N-dealkylation sites (tertiary alicyclic amines) is 1. The summed E-state index contributed by atoms with van der Waals surface area (Å²) in [5.74, 6) is 0.119. The van der Waals surface area contributed by atoms with Gasteiger partial charge in [0.25, 0.3) is 0 Å². The maximum atomic E-state index is 11.5. The van der Waals surface area contributed by atoms with Gasteiger partial charge in [-0.3, -0.25) is 0 Å². The Hall–Kier alpha value is -0.170. The number of piperidine rings is 1. The molecular formula is C11H24N2O3S. The summed E-state index contributed by atoms with van der Waals surface area (Å²) in [5, 5.41) is 8.59. The minimum absolute atomic E-state index is 0.0588. The van der Waals surface area contributed by atoms with Crippen molar-refractivity contribution in [3.8, 4) is 0 Å². The Balaban J connectivity index is 2.11. The fraction of sp³-hybridized carbons (Fsp3) is 1.00. The highest BCUT2D eigenvalue weighted by Gasteiger charge is 2.12. The van der Waals surface area contributed by atoms with Gasteiger partial charge in [-0.25, -0.2) is 13.1 Å². The van der Waals surface area contributed by atoms with Crippen LogP contribution in [0.4, 0.5) is 0 Å². The van der Waals surface area contributed by atoms with Gasteiger partial charge in [0.1, 0.15) is 0 Å². The molecule has 102 valence electrons. The topological polar surface area (TPSA) is 69.6 Å². The number of hydrogen-bond acceptors (Lipinski definition) is 4. The summed E-state index contributed by atoms with van der Waals surface area (Å²) in [5.41, 5.74) is 0. The molecule has 0 spiro atoms. The van der Waals surface area contributed by atoms with Crippen LogP contribution in [0.15, 0.2) is 0 Å². The third-order valence-electron chi connectivity index (χ3n) is 3.02. The number of nitrogens with zero attached hydrogens (tertiary/aromatic N) is 1. The molecule has 0 radical (unpaired) electrons. The smallest absolute Gasteiger partial charge is 0.211 e. The molecule has 0 aliphatic carbocycles. The first kappa shape index (κ1) is 14.9. The van der Waals surface area contributed by atoms with E-state index >= 15 is 0 Å². The van der Waals surface area contributed by atoms with E-state index in [0.717, 1.165) is 19.6 Å². The molecule has 0 aromatic rings. The molecule has 1 fully saturated rings. The van der Waals surface area contributed by atoms with Crippen molar-refractivity contribution in [1.29, 1.82) is 0 Å². The van der Waals surface area contributed by atoms with Gasteiger partial charge in [-0.2, -0.15) is 0 Å². The van der Waals surface area contributed by atoms with E-state index in [9.17, 15) is 8.42 Å². The molecule has 0 bridgehead atoms. The zero-order valence-electron chi connectivity index (χ0n) is 10.4. The Kier molecular flexibility index (Phi) is 7.03. The number of aliphatic hydroxyl groups is 1. The highest BCUT2D eigenvalue weighted by molar-refractivity contribution is 7.89. The minimum Gasteiger partial charge on any atom is -0.396 e. The van der Waals surface area contributed by atoms with Crippen LogP contribution in [0.2, 0.25) is 0 Å². The molecule has 1 heterocycles. The fourth-order valence-electron chi connectivity index (χ4n) is 2.02. The third kappa shape index (κ3) is 6.98. The quantitative estimate of drug-likeness (QED) is 0.613. The van der Waals surface area contributed by atoms with Gasteiger partial charge in [-0.1, -0.05) is 6.42 Å². The molecule has 0 saturated carbocycles. The number of unbranched alkanes of at least 4 members (excludes halogenated alkanes) is 1. The van der Waals surface area contributed by atoms with E-state index in [4.69, 9.17) is 5.11 Å². The normalized spacial score (nSPS) is 18.4. The Morgan fingerprint density at radius 3 is 2.47 bits per heavy atom. The molecular weight excluding hydrogens is 240 g/mol. The lowest BCUT2D eigenvalue weighted by Crippen LogP contribution is -2.38. The monoisotopic (exact) mass is 264 g/mol. The van der Waals surface area contributed by atoms with E-state index in [1.54, 1.807) is 0 Å². The largest absolute Gasteiger partial charge is 0.396 e. The molecule has 0 aromatic heterocycles. The van der Waals surface area contributed by atoms with Gasteiger partial charge in [0, 0.05) is 19.7 Å². The van der Waals surface area contributed by atoms with Gasteiger partial charge >= 0.3 is 0 Å². The van der Waals surface area contributed by atoms with Gasteiger partial charge in [0.15, 0.2) is 0 Å². The second-order valence-electron chi connectivity index (χ2n) is 4.55. The number of rotatable bonds is 8. The van der Waals surface area contributed by atoms with Crippen LogP contribution in [-0.4, -0.2) is 57.0 Å². The molecule has 0 amide bonds. The first-order valence-corrected chi connectivity index (χ1v) is 8.10.